The van der Waals surface area contributed by atoms with Gasteiger partial charge in [-0.15, -0.1) is 0 Å². The van der Waals surface area contributed by atoms with Crippen molar-refractivity contribution < 1.29 is 14.0 Å². The van der Waals surface area contributed by atoms with E-state index < -0.39 is 11.9 Å². The fourth-order valence-corrected chi connectivity index (χ4v) is 1.98. The van der Waals surface area contributed by atoms with Crippen molar-refractivity contribution in [1.82, 2.24) is 4.90 Å². The van der Waals surface area contributed by atoms with Gasteiger partial charge in [-0.05, 0) is 30.7 Å². The van der Waals surface area contributed by atoms with Gasteiger partial charge in [-0.2, -0.15) is 0 Å². The van der Waals surface area contributed by atoms with Crippen LogP contribution < -0.4 is 4.90 Å². The van der Waals surface area contributed by atoms with E-state index in [1.54, 1.807) is 7.05 Å². The molecule has 1 aliphatic heterocycles. The molecule has 0 aliphatic carbocycles. The topological polar surface area (TPSA) is 40.6 Å². The van der Waals surface area contributed by atoms with Crippen molar-refractivity contribution in [2.45, 2.75) is 19.4 Å². The molecule has 1 aromatic rings. The molecular formula is C12H13FN2O2. The predicted molar refractivity (Wildman–Crippen MR) is 61.1 cm³/mol. The van der Waals surface area contributed by atoms with Gasteiger partial charge in [0.2, 0.25) is 0 Å². The zero-order valence-corrected chi connectivity index (χ0v) is 9.68. The maximum atomic E-state index is 12.8. The molecule has 1 saturated heterocycles. The SMILES string of the molecule is CCC1C(=O)N(c2ccc(F)cc2)C(=O)N1C. The zero-order chi connectivity index (χ0) is 12.6. The van der Waals surface area contributed by atoms with Crippen LogP contribution >= 0.6 is 0 Å². The number of imide groups is 1. The molecule has 0 spiro atoms. The number of hydrogen-bond acceptors (Lipinski definition) is 2. The average molecular weight is 236 g/mol. The highest BCUT2D eigenvalue weighted by Crippen LogP contribution is 2.25. The van der Waals surface area contributed by atoms with E-state index in [4.69, 9.17) is 0 Å². The first-order chi connectivity index (χ1) is 8.06. The van der Waals surface area contributed by atoms with Crippen molar-refractivity contribution in [3.05, 3.63) is 30.1 Å². The third-order valence-electron chi connectivity index (χ3n) is 2.94. The average Bonchev–Trinajstić information content (AvgIpc) is 2.52. The van der Waals surface area contributed by atoms with Crippen molar-refractivity contribution in [1.29, 1.82) is 0 Å². The summed E-state index contributed by atoms with van der Waals surface area (Å²) < 4.78 is 12.8. The normalized spacial score (nSPS) is 20.3. The molecule has 1 unspecified atom stereocenters. The molecule has 5 heteroatoms. The highest BCUT2D eigenvalue weighted by Gasteiger charge is 2.42. The summed E-state index contributed by atoms with van der Waals surface area (Å²) in [7, 11) is 1.60. The molecule has 90 valence electrons. The Hall–Kier alpha value is -1.91. The molecule has 1 heterocycles. The minimum Gasteiger partial charge on any atom is -0.315 e. The van der Waals surface area contributed by atoms with Crippen LogP contribution in [0.25, 0.3) is 0 Å². The first-order valence-electron chi connectivity index (χ1n) is 5.42. The molecule has 1 fully saturated rings. The molecule has 0 aromatic heterocycles. The van der Waals surface area contributed by atoms with Crippen molar-refractivity contribution in [3.8, 4) is 0 Å². The Balaban J connectivity index is 2.36. The summed E-state index contributed by atoms with van der Waals surface area (Å²) in [6.45, 7) is 1.85. The van der Waals surface area contributed by atoms with Gasteiger partial charge in [0.25, 0.3) is 5.91 Å². The number of hydrogen-bond donors (Lipinski definition) is 0. The van der Waals surface area contributed by atoms with Crippen LogP contribution in [0.1, 0.15) is 13.3 Å². The maximum Gasteiger partial charge on any atom is 0.331 e. The largest absolute Gasteiger partial charge is 0.331 e. The highest BCUT2D eigenvalue weighted by atomic mass is 19.1. The van der Waals surface area contributed by atoms with Crippen LogP contribution in [-0.2, 0) is 4.79 Å². The lowest BCUT2D eigenvalue weighted by molar-refractivity contribution is -0.119. The third-order valence-corrected chi connectivity index (χ3v) is 2.94. The summed E-state index contributed by atoms with van der Waals surface area (Å²) in [4.78, 5) is 26.4. The minimum atomic E-state index is -0.424. The van der Waals surface area contributed by atoms with Gasteiger partial charge in [0.15, 0.2) is 0 Å². The summed E-state index contributed by atoms with van der Waals surface area (Å²) in [6.07, 6.45) is 0.568. The summed E-state index contributed by atoms with van der Waals surface area (Å²) in [6, 6.07) is 4.53. The second-order valence-corrected chi connectivity index (χ2v) is 3.97. The number of benzene rings is 1. The van der Waals surface area contributed by atoms with Crippen molar-refractivity contribution in [2.24, 2.45) is 0 Å². The van der Waals surface area contributed by atoms with E-state index in [9.17, 15) is 14.0 Å². The van der Waals surface area contributed by atoms with E-state index in [0.29, 0.717) is 12.1 Å². The molecular weight excluding hydrogens is 223 g/mol. The lowest BCUT2D eigenvalue weighted by Gasteiger charge is -2.14. The van der Waals surface area contributed by atoms with E-state index in [2.05, 4.69) is 0 Å². The van der Waals surface area contributed by atoms with Gasteiger partial charge < -0.3 is 4.90 Å². The van der Waals surface area contributed by atoms with E-state index in [-0.39, 0.29) is 11.9 Å². The smallest absolute Gasteiger partial charge is 0.315 e. The first kappa shape index (κ1) is 11.6. The fraction of sp³-hybridized carbons (Fsp3) is 0.333. The second-order valence-electron chi connectivity index (χ2n) is 3.97. The van der Waals surface area contributed by atoms with Crippen LogP contribution in [0.5, 0.6) is 0 Å². The number of anilines is 1. The summed E-state index contributed by atoms with van der Waals surface area (Å²) in [5.74, 6) is -0.653. The van der Waals surface area contributed by atoms with E-state index in [1.165, 1.54) is 29.2 Å². The number of amides is 3. The molecule has 0 radical (unpaired) electrons. The Morgan fingerprint density at radius 1 is 1.24 bits per heavy atom. The number of halogens is 1. The third kappa shape index (κ3) is 1.77. The van der Waals surface area contributed by atoms with Crippen LogP contribution in [0.4, 0.5) is 14.9 Å². The van der Waals surface area contributed by atoms with Crippen LogP contribution in [-0.4, -0.2) is 29.9 Å². The zero-order valence-electron chi connectivity index (χ0n) is 9.68. The molecule has 3 amide bonds. The van der Waals surface area contributed by atoms with E-state index in [1.807, 2.05) is 6.92 Å². The molecule has 0 saturated carbocycles. The summed E-state index contributed by atoms with van der Waals surface area (Å²) in [5, 5.41) is 0. The van der Waals surface area contributed by atoms with Crippen LogP contribution in [0, 0.1) is 5.82 Å². The van der Waals surface area contributed by atoms with Gasteiger partial charge in [0, 0.05) is 7.05 Å². The van der Waals surface area contributed by atoms with Crippen molar-refractivity contribution in [3.63, 3.8) is 0 Å². The van der Waals surface area contributed by atoms with Crippen LogP contribution in [0.15, 0.2) is 24.3 Å². The number of carbonyl (C=O) groups is 2. The standard InChI is InChI=1S/C12H13FN2O2/c1-3-10-11(16)15(12(17)14(10)2)9-6-4-8(13)5-7-9/h4-7,10H,3H2,1-2H3. The number of nitrogens with zero attached hydrogens (tertiary/aromatic N) is 2. The Bertz CT molecular complexity index is 458. The molecule has 2 rings (SSSR count). The Labute approximate surface area is 98.6 Å². The lowest BCUT2D eigenvalue weighted by atomic mass is 10.2. The molecule has 1 aliphatic rings. The second kappa shape index (κ2) is 4.16. The van der Waals surface area contributed by atoms with Gasteiger partial charge in [0.05, 0.1) is 5.69 Å². The number of urea groups is 1. The fourth-order valence-electron chi connectivity index (χ4n) is 1.98. The van der Waals surface area contributed by atoms with Gasteiger partial charge in [-0.1, -0.05) is 6.92 Å². The van der Waals surface area contributed by atoms with E-state index in [0.717, 1.165) is 4.90 Å². The van der Waals surface area contributed by atoms with Gasteiger partial charge in [0.1, 0.15) is 11.9 Å². The summed E-state index contributed by atoms with van der Waals surface area (Å²) in [5.41, 5.74) is 0.407. The first-order valence-corrected chi connectivity index (χ1v) is 5.42. The molecule has 0 bridgehead atoms. The van der Waals surface area contributed by atoms with Crippen molar-refractivity contribution >= 4 is 17.6 Å². The monoisotopic (exact) mass is 236 g/mol. The maximum absolute atomic E-state index is 12.8. The number of likely N-dealkylation sites (N-methyl/N-ethyl adjacent to an activating group) is 1. The Morgan fingerprint density at radius 3 is 2.29 bits per heavy atom. The minimum absolute atomic E-state index is 0.258. The Kier molecular flexibility index (Phi) is 2.83. The lowest BCUT2D eigenvalue weighted by Crippen LogP contribution is -2.31. The highest BCUT2D eigenvalue weighted by molar-refractivity contribution is 6.21. The van der Waals surface area contributed by atoms with Gasteiger partial charge in [-0.25, -0.2) is 14.1 Å². The molecule has 0 N–H and O–H groups in total. The number of rotatable bonds is 2. The van der Waals surface area contributed by atoms with Crippen molar-refractivity contribution in [2.75, 3.05) is 11.9 Å². The van der Waals surface area contributed by atoms with Crippen LogP contribution in [0.3, 0.4) is 0 Å². The molecule has 1 atom stereocenters. The predicted octanol–water partition coefficient (Wildman–Crippen LogP) is 2.00. The quantitative estimate of drug-likeness (QED) is 0.737. The number of carbonyl (C=O) groups excluding carboxylic acids is 2. The summed E-state index contributed by atoms with van der Waals surface area (Å²) >= 11 is 0. The molecule has 17 heavy (non-hydrogen) atoms. The molecule has 4 nitrogen and oxygen atoms in total. The van der Waals surface area contributed by atoms with E-state index >= 15 is 0 Å². The van der Waals surface area contributed by atoms with Gasteiger partial charge >= 0.3 is 6.03 Å². The Morgan fingerprint density at radius 2 is 1.82 bits per heavy atom. The van der Waals surface area contributed by atoms with Crippen LogP contribution in [0.2, 0.25) is 0 Å². The van der Waals surface area contributed by atoms with Gasteiger partial charge in [-0.3, -0.25) is 4.79 Å². The molecule has 1 aromatic carbocycles.